The van der Waals surface area contributed by atoms with Crippen molar-refractivity contribution in [2.75, 3.05) is 20.6 Å². The van der Waals surface area contributed by atoms with E-state index < -0.39 is 0 Å². The molecule has 4 nitrogen and oxygen atoms in total. The van der Waals surface area contributed by atoms with Crippen LogP contribution in [0.5, 0.6) is 0 Å². The molecule has 0 aromatic carbocycles. The van der Waals surface area contributed by atoms with Gasteiger partial charge in [0, 0.05) is 20.5 Å². The molecule has 0 spiro atoms. The van der Waals surface area contributed by atoms with Gasteiger partial charge in [0.1, 0.15) is 0 Å². The lowest BCUT2D eigenvalue weighted by atomic mass is 10.0. The van der Waals surface area contributed by atoms with E-state index in [1.54, 1.807) is 14.1 Å². The van der Waals surface area contributed by atoms with Gasteiger partial charge in [-0.2, -0.15) is 0 Å². The Bertz CT molecular complexity index is 271. The van der Waals surface area contributed by atoms with Gasteiger partial charge in [-0.25, -0.2) is 0 Å². The molecule has 158 valence electrons. The lowest BCUT2D eigenvalue weighted by Crippen LogP contribution is -2.18. The van der Waals surface area contributed by atoms with Crippen LogP contribution < -0.4 is 5.73 Å². The zero-order valence-corrected chi connectivity index (χ0v) is 18.4. The molecule has 0 amide bonds. The fourth-order valence-electron chi connectivity index (χ4n) is 2.89. The second-order valence-electron chi connectivity index (χ2n) is 7.38. The maximum absolute atomic E-state index is 11.3. The zero-order chi connectivity index (χ0) is 19.9. The predicted molar refractivity (Wildman–Crippen MR) is 114 cm³/mol. The molecular weight excluding hydrogens is 324 g/mol. The van der Waals surface area contributed by atoms with Crippen LogP contribution in [0, 0.1) is 0 Å². The van der Waals surface area contributed by atoms with E-state index in [1.807, 2.05) is 6.92 Å². The van der Waals surface area contributed by atoms with E-state index in [2.05, 4.69) is 6.92 Å². The summed E-state index contributed by atoms with van der Waals surface area (Å²) in [6, 6.07) is 0. The van der Waals surface area contributed by atoms with Gasteiger partial charge >= 0.3 is 5.97 Å². The van der Waals surface area contributed by atoms with Crippen molar-refractivity contribution in [3.63, 3.8) is 0 Å². The van der Waals surface area contributed by atoms with Gasteiger partial charge in [-0.05, 0) is 13.0 Å². The van der Waals surface area contributed by atoms with E-state index in [-0.39, 0.29) is 5.97 Å². The maximum Gasteiger partial charge on any atom is 0.325 e. The summed E-state index contributed by atoms with van der Waals surface area (Å²) in [5.74, 6) is -0.107. The Morgan fingerprint density at radius 1 is 0.692 bits per heavy atom. The highest BCUT2D eigenvalue weighted by Crippen LogP contribution is 2.13. The Hall–Kier alpha value is -0.610. The van der Waals surface area contributed by atoms with Gasteiger partial charge in [0.2, 0.25) is 0 Å². The first-order chi connectivity index (χ1) is 12.6. The number of hydrogen-bond acceptors (Lipinski definition) is 4. The van der Waals surface area contributed by atoms with Crippen molar-refractivity contribution < 1.29 is 9.63 Å². The van der Waals surface area contributed by atoms with E-state index in [4.69, 9.17) is 10.6 Å². The standard InChI is InChI=1S/C20H41NO2.C2H7N/c1-4-5-6-7-8-9-10-11-12-13-14-15-16-17-18-19-20(22)23-21(2)3;1-2-3/h4-19H2,1-3H3;2-3H2,1H3. The highest BCUT2D eigenvalue weighted by molar-refractivity contribution is 5.68. The van der Waals surface area contributed by atoms with E-state index in [0.717, 1.165) is 19.4 Å². The summed E-state index contributed by atoms with van der Waals surface area (Å²) in [4.78, 5) is 16.3. The van der Waals surface area contributed by atoms with Crippen LogP contribution in [0.4, 0.5) is 0 Å². The second-order valence-corrected chi connectivity index (χ2v) is 7.38. The minimum Gasteiger partial charge on any atom is -0.369 e. The van der Waals surface area contributed by atoms with Gasteiger partial charge in [-0.1, -0.05) is 104 Å². The van der Waals surface area contributed by atoms with Crippen LogP contribution >= 0.6 is 0 Å². The molecule has 26 heavy (non-hydrogen) atoms. The van der Waals surface area contributed by atoms with Crippen LogP contribution in [0.2, 0.25) is 0 Å². The SMILES string of the molecule is CCCCCCCCCCCCCCCCCC(=O)ON(C)C.CCN. The summed E-state index contributed by atoms with van der Waals surface area (Å²) >= 11 is 0. The molecule has 0 aromatic rings. The quantitative estimate of drug-likeness (QED) is 0.243. The summed E-state index contributed by atoms with van der Waals surface area (Å²) in [5, 5.41) is 1.47. The van der Waals surface area contributed by atoms with Crippen molar-refractivity contribution in [2.45, 2.75) is 117 Å². The van der Waals surface area contributed by atoms with E-state index in [9.17, 15) is 4.79 Å². The van der Waals surface area contributed by atoms with Crippen LogP contribution in [-0.2, 0) is 9.63 Å². The van der Waals surface area contributed by atoms with E-state index >= 15 is 0 Å². The van der Waals surface area contributed by atoms with Gasteiger partial charge in [0.25, 0.3) is 0 Å². The molecule has 0 unspecified atom stereocenters. The largest absolute Gasteiger partial charge is 0.369 e. The molecule has 0 rings (SSSR count). The van der Waals surface area contributed by atoms with Crippen molar-refractivity contribution in [1.82, 2.24) is 5.06 Å². The number of unbranched alkanes of at least 4 members (excludes halogenated alkanes) is 14. The first kappa shape index (κ1) is 27.6. The highest BCUT2D eigenvalue weighted by Gasteiger charge is 2.03. The van der Waals surface area contributed by atoms with Crippen LogP contribution in [0.25, 0.3) is 0 Å². The number of carbonyl (C=O) groups is 1. The van der Waals surface area contributed by atoms with Gasteiger partial charge in [-0.3, -0.25) is 4.79 Å². The van der Waals surface area contributed by atoms with Crippen LogP contribution in [-0.4, -0.2) is 31.7 Å². The zero-order valence-electron chi connectivity index (χ0n) is 18.4. The van der Waals surface area contributed by atoms with Gasteiger partial charge < -0.3 is 10.6 Å². The average Bonchev–Trinajstić information content (AvgIpc) is 2.58. The smallest absolute Gasteiger partial charge is 0.325 e. The molecule has 0 aliphatic heterocycles. The number of carbonyl (C=O) groups excluding carboxylic acids is 1. The van der Waals surface area contributed by atoms with Gasteiger partial charge in [0.15, 0.2) is 0 Å². The molecule has 4 heteroatoms. The number of nitrogens with zero attached hydrogens (tertiary/aromatic N) is 1. The van der Waals surface area contributed by atoms with E-state index in [1.165, 1.54) is 88.5 Å². The molecule has 2 N–H and O–H groups in total. The van der Waals surface area contributed by atoms with Crippen molar-refractivity contribution in [2.24, 2.45) is 5.73 Å². The Morgan fingerprint density at radius 3 is 1.31 bits per heavy atom. The molecule has 0 aromatic heterocycles. The normalized spacial score (nSPS) is 10.5. The molecule has 0 atom stereocenters. The molecule has 0 saturated carbocycles. The molecule has 0 aliphatic rings. The lowest BCUT2D eigenvalue weighted by molar-refractivity contribution is -0.178. The third kappa shape index (κ3) is 28.2. The van der Waals surface area contributed by atoms with Crippen LogP contribution in [0.1, 0.15) is 117 Å². The molecular formula is C22H48N2O2. The summed E-state index contributed by atoms with van der Waals surface area (Å²) < 4.78 is 0. The Morgan fingerprint density at radius 2 is 1.00 bits per heavy atom. The minimum atomic E-state index is -0.107. The summed E-state index contributed by atoms with van der Waals surface area (Å²) in [5.41, 5.74) is 4.85. The molecule has 0 radical (unpaired) electrons. The molecule has 0 fully saturated rings. The van der Waals surface area contributed by atoms with Crippen LogP contribution in [0.3, 0.4) is 0 Å². The van der Waals surface area contributed by atoms with Crippen molar-refractivity contribution in [3.8, 4) is 0 Å². The average molecular weight is 373 g/mol. The molecule has 0 heterocycles. The van der Waals surface area contributed by atoms with Crippen LogP contribution in [0.15, 0.2) is 0 Å². The Balaban J connectivity index is 0. The summed E-state index contributed by atoms with van der Waals surface area (Å²) in [7, 11) is 3.48. The molecule has 0 bridgehead atoms. The first-order valence-corrected chi connectivity index (χ1v) is 11.2. The summed E-state index contributed by atoms with van der Waals surface area (Å²) in [6.07, 6.45) is 20.8. The number of hydroxylamine groups is 2. The van der Waals surface area contributed by atoms with Crippen molar-refractivity contribution in [1.29, 1.82) is 0 Å². The van der Waals surface area contributed by atoms with E-state index in [0.29, 0.717) is 6.42 Å². The number of hydrogen-bond donors (Lipinski definition) is 1. The van der Waals surface area contributed by atoms with Gasteiger partial charge in [0.05, 0.1) is 0 Å². The minimum absolute atomic E-state index is 0.107. The first-order valence-electron chi connectivity index (χ1n) is 11.2. The third-order valence-electron chi connectivity index (χ3n) is 4.27. The summed E-state index contributed by atoms with van der Waals surface area (Å²) in [6.45, 7) is 4.93. The fourth-order valence-corrected chi connectivity index (χ4v) is 2.89. The molecule has 0 saturated heterocycles. The highest BCUT2D eigenvalue weighted by atomic mass is 16.7. The molecule has 0 aliphatic carbocycles. The lowest BCUT2D eigenvalue weighted by Gasteiger charge is -2.09. The Labute approximate surface area is 164 Å². The van der Waals surface area contributed by atoms with Crippen molar-refractivity contribution in [3.05, 3.63) is 0 Å². The number of nitrogens with two attached hydrogens (primary N) is 1. The van der Waals surface area contributed by atoms with Crippen molar-refractivity contribution >= 4 is 5.97 Å². The second kappa shape index (κ2) is 24.4. The predicted octanol–water partition coefficient (Wildman–Crippen LogP) is 6.23. The number of rotatable bonds is 17. The van der Waals surface area contributed by atoms with Gasteiger partial charge in [-0.15, -0.1) is 5.06 Å². The monoisotopic (exact) mass is 372 g/mol. The maximum atomic E-state index is 11.3. The third-order valence-corrected chi connectivity index (χ3v) is 4.27. The topological polar surface area (TPSA) is 55.6 Å². The Kier molecular flexibility index (Phi) is 25.9. The fraction of sp³-hybridized carbons (Fsp3) is 0.955.